The van der Waals surface area contributed by atoms with Crippen molar-refractivity contribution in [2.24, 2.45) is 39.9 Å². The summed E-state index contributed by atoms with van der Waals surface area (Å²) in [4.78, 5) is 12.2. The SMILES string of the molecule is CC(C)(C)C1CC(C(C)(C)C)C(C(=O)Cl)C(C(C)(C)C)C1. The summed E-state index contributed by atoms with van der Waals surface area (Å²) in [5.74, 6) is 1.37. The van der Waals surface area contributed by atoms with Crippen LogP contribution >= 0.6 is 11.6 Å². The Balaban J connectivity index is 3.29. The Morgan fingerprint density at radius 1 is 0.762 bits per heavy atom. The average Bonchev–Trinajstić information content (AvgIpc) is 2.23. The zero-order valence-corrected chi connectivity index (χ0v) is 16.3. The van der Waals surface area contributed by atoms with Crippen LogP contribution in [0, 0.1) is 39.9 Å². The van der Waals surface area contributed by atoms with Crippen LogP contribution in [0.25, 0.3) is 0 Å². The molecule has 1 rings (SSSR count). The van der Waals surface area contributed by atoms with E-state index >= 15 is 0 Å². The maximum Gasteiger partial charge on any atom is 0.225 e. The zero-order chi connectivity index (χ0) is 16.8. The molecule has 1 aliphatic carbocycles. The van der Waals surface area contributed by atoms with E-state index in [0.717, 1.165) is 12.8 Å². The Bertz CT molecular complexity index is 354. The van der Waals surface area contributed by atoms with E-state index in [0.29, 0.717) is 17.8 Å². The average molecular weight is 315 g/mol. The predicted octanol–water partition coefficient (Wildman–Crippen LogP) is 6.15. The van der Waals surface area contributed by atoms with Crippen molar-refractivity contribution in [3.05, 3.63) is 0 Å². The summed E-state index contributed by atoms with van der Waals surface area (Å²) in [6.45, 7) is 20.6. The zero-order valence-electron chi connectivity index (χ0n) is 15.5. The van der Waals surface area contributed by atoms with Crippen LogP contribution in [-0.4, -0.2) is 5.24 Å². The molecule has 0 aromatic carbocycles. The number of carbonyl (C=O) groups excluding carboxylic acids is 1. The number of hydrogen-bond acceptors (Lipinski definition) is 1. The van der Waals surface area contributed by atoms with Gasteiger partial charge in [-0.1, -0.05) is 62.3 Å². The van der Waals surface area contributed by atoms with Crippen molar-refractivity contribution < 1.29 is 4.79 Å². The molecule has 0 spiro atoms. The predicted molar refractivity (Wildman–Crippen MR) is 92.4 cm³/mol. The molecular formula is C19H35ClO. The summed E-state index contributed by atoms with van der Waals surface area (Å²) in [5, 5.41) is -0.123. The van der Waals surface area contributed by atoms with Crippen molar-refractivity contribution >= 4 is 16.8 Å². The van der Waals surface area contributed by atoms with Crippen LogP contribution in [0.4, 0.5) is 0 Å². The highest BCUT2D eigenvalue weighted by molar-refractivity contribution is 6.64. The first-order valence-corrected chi connectivity index (χ1v) is 8.73. The van der Waals surface area contributed by atoms with Gasteiger partial charge in [-0.2, -0.15) is 0 Å². The molecule has 21 heavy (non-hydrogen) atoms. The van der Waals surface area contributed by atoms with E-state index in [4.69, 9.17) is 11.6 Å². The Morgan fingerprint density at radius 2 is 1.10 bits per heavy atom. The van der Waals surface area contributed by atoms with Crippen LogP contribution in [0.2, 0.25) is 0 Å². The second-order valence-corrected chi connectivity index (χ2v) is 10.7. The van der Waals surface area contributed by atoms with Gasteiger partial charge in [0, 0.05) is 5.92 Å². The van der Waals surface area contributed by atoms with Crippen LogP contribution in [0.1, 0.15) is 75.2 Å². The lowest BCUT2D eigenvalue weighted by Gasteiger charge is -2.53. The van der Waals surface area contributed by atoms with E-state index in [2.05, 4.69) is 62.3 Å². The fraction of sp³-hybridized carbons (Fsp3) is 0.947. The molecule has 0 radical (unpaired) electrons. The molecule has 1 aliphatic rings. The van der Waals surface area contributed by atoms with Crippen LogP contribution in [0.15, 0.2) is 0 Å². The number of carbonyl (C=O) groups is 1. The van der Waals surface area contributed by atoms with E-state index in [-0.39, 0.29) is 27.4 Å². The third-order valence-corrected chi connectivity index (χ3v) is 5.91. The number of hydrogen-bond donors (Lipinski definition) is 0. The van der Waals surface area contributed by atoms with Crippen molar-refractivity contribution in [1.29, 1.82) is 0 Å². The maximum atomic E-state index is 12.2. The van der Waals surface area contributed by atoms with Crippen molar-refractivity contribution in [3.63, 3.8) is 0 Å². The third kappa shape index (κ3) is 4.47. The minimum absolute atomic E-state index is 0.00901. The van der Waals surface area contributed by atoms with E-state index in [9.17, 15) is 4.79 Å². The Kier molecular flexibility index (Phi) is 5.31. The van der Waals surface area contributed by atoms with Crippen molar-refractivity contribution in [2.45, 2.75) is 75.2 Å². The molecule has 0 aromatic rings. The number of halogens is 1. The first-order valence-electron chi connectivity index (χ1n) is 8.35. The molecule has 0 aromatic heterocycles. The fourth-order valence-electron chi connectivity index (χ4n) is 4.09. The van der Waals surface area contributed by atoms with Gasteiger partial charge in [-0.3, -0.25) is 4.79 Å². The van der Waals surface area contributed by atoms with Gasteiger partial charge in [-0.15, -0.1) is 0 Å². The van der Waals surface area contributed by atoms with Gasteiger partial charge < -0.3 is 0 Å². The number of rotatable bonds is 1. The second-order valence-electron chi connectivity index (χ2n) is 10.3. The normalized spacial score (nSPS) is 32.1. The summed E-state index contributed by atoms with van der Waals surface area (Å²) in [7, 11) is 0. The highest BCUT2D eigenvalue weighted by atomic mass is 35.5. The summed E-state index contributed by atoms with van der Waals surface area (Å²) < 4.78 is 0. The highest BCUT2D eigenvalue weighted by Gasteiger charge is 2.51. The molecule has 124 valence electrons. The second kappa shape index (κ2) is 5.87. The van der Waals surface area contributed by atoms with Gasteiger partial charge >= 0.3 is 0 Å². The third-order valence-electron chi connectivity index (χ3n) is 5.66. The molecule has 2 atom stereocenters. The van der Waals surface area contributed by atoms with E-state index < -0.39 is 0 Å². The van der Waals surface area contributed by atoms with Crippen LogP contribution < -0.4 is 0 Å². The Hall–Kier alpha value is -0.0400. The summed E-state index contributed by atoms with van der Waals surface area (Å²) in [5.41, 5.74) is 0.513. The molecule has 1 nitrogen and oxygen atoms in total. The van der Waals surface area contributed by atoms with Crippen LogP contribution in [0.5, 0.6) is 0 Å². The fourth-order valence-corrected chi connectivity index (χ4v) is 4.39. The largest absolute Gasteiger partial charge is 0.281 e. The molecule has 0 N–H and O–H groups in total. The van der Waals surface area contributed by atoms with Crippen molar-refractivity contribution in [2.75, 3.05) is 0 Å². The summed E-state index contributed by atoms with van der Waals surface area (Å²) >= 11 is 6.08. The minimum atomic E-state index is -0.123. The van der Waals surface area contributed by atoms with Gasteiger partial charge in [0.05, 0.1) is 0 Å². The molecule has 0 heterocycles. The standard InChI is InChI=1S/C19H35ClO/c1-17(2,3)12-10-13(18(4,5)6)15(16(20)21)14(11-12)19(7,8)9/h12-15H,10-11H2,1-9H3. The first kappa shape index (κ1) is 19.0. The van der Waals surface area contributed by atoms with Gasteiger partial charge in [0.15, 0.2) is 0 Å². The van der Waals surface area contributed by atoms with E-state index in [1.165, 1.54) is 0 Å². The van der Waals surface area contributed by atoms with Gasteiger partial charge in [-0.05, 0) is 58.4 Å². The lowest BCUT2D eigenvalue weighted by atomic mass is 9.52. The summed E-state index contributed by atoms with van der Waals surface area (Å²) in [6, 6.07) is 0. The molecule has 1 saturated carbocycles. The monoisotopic (exact) mass is 314 g/mol. The first-order chi connectivity index (χ1) is 9.15. The molecule has 0 aliphatic heterocycles. The van der Waals surface area contributed by atoms with Crippen LogP contribution in [-0.2, 0) is 4.79 Å². The lowest BCUT2D eigenvalue weighted by Crippen LogP contribution is -2.48. The summed E-state index contributed by atoms with van der Waals surface area (Å²) in [6.07, 6.45) is 2.23. The molecule has 2 heteroatoms. The topological polar surface area (TPSA) is 17.1 Å². The Morgan fingerprint density at radius 3 is 1.29 bits per heavy atom. The van der Waals surface area contributed by atoms with Gasteiger partial charge in [0.25, 0.3) is 0 Å². The minimum Gasteiger partial charge on any atom is -0.281 e. The van der Waals surface area contributed by atoms with Crippen molar-refractivity contribution in [3.8, 4) is 0 Å². The molecule has 0 saturated heterocycles. The van der Waals surface area contributed by atoms with Crippen LogP contribution in [0.3, 0.4) is 0 Å². The van der Waals surface area contributed by atoms with Gasteiger partial charge in [0.1, 0.15) is 0 Å². The molecule has 0 bridgehead atoms. The smallest absolute Gasteiger partial charge is 0.225 e. The molecular weight excluding hydrogens is 280 g/mol. The van der Waals surface area contributed by atoms with E-state index in [1.807, 2.05) is 0 Å². The molecule has 1 fully saturated rings. The maximum absolute atomic E-state index is 12.2. The van der Waals surface area contributed by atoms with Gasteiger partial charge in [-0.25, -0.2) is 0 Å². The quantitative estimate of drug-likeness (QED) is 0.530. The molecule has 2 unspecified atom stereocenters. The lowest BCUT2D eigenvalue weighted by molar-refractivity contribution is -0.129. The van der Waals surface area contributed by atoms with Gasteiger partial charge in [0.2, 0.25) is 5.24 Å². The van der Waals surface area contributed by atoms with E-state index in [1.54, 1.807) is 0 Å². The molecule has 0 amide bonds. The van der Waals surface area contributed by atoms with Crippen molar-refractivity contribution in [1.82, 2.24) is 0 Å². The highest BCUT2D eigenvalue weighted by Crippen LogP contribution is 2.55. The Labute approximate surface area is 137 Å².